The third-order valence-corrected chi connectivity index (χ3v) is 3.77. The summed E-state index contributed by atoms with van der Waals surface area (Å²) in [4.78, 5) is 6.34. The monoisotopic (exact) mass is 281 g/mol. The van der Waals surface area contributed by atoms with Crippen LogP contribution in [-0.4, -0.2) is 35.6 Å². The van der Waals surface area contributed by atoms with E-state index in [0.29, 0.717) is 6.04 Å². The van der Waals surface area contributed by atoms with Gasteiger partial charge < -0.3 is 10.2 Å². The van der Waals surface area contributed by atoms with Crippen LogP contribution in [0, 0.1) is 5.82 Å². The summed E-state index contributed by atoms with van der Waals surface area (Å²) in [5, 5.41) is 3.51. The lowest BCUT2D eigenvalue weighted by molar-refractivity contribution is 0.288. The number of rotatable bonds is 9. The van der Waals surface area contributed by atoms with E-state index in [9.17, 15) is 4.39 Å². The largest absolute Gasteiger partial charge is 0.308 e. The Balaban J connectivity index is 2.33. The molecule has 1 N–H and O–H groups in total. The fourth-order valence-corrected chi connectivity index (χ4v) is 2.43. The second-order valence-corrected chi connectivity index (χ2v) is 5.40. The molecule has 1 aromatic heterocycles. The number of hydrogen-bond acceptors (Lipinski definition) is 3. The molecule has 0 bridgehead atoms. The van der Waals surface area contributed by atoms with Gasteiger partial charge in [-0.25, -0.2) is 4.39 Å². The maximum absolute atomic E-state index is 13.1. The minimum atomic E-state index is -0.273. The minimum Gasteiger partial charge on any atom is -0.308 e. The van der Waals surface area contributed by atoms with Crippen molar-refractivity contribution in [1.82, 2.24) is 15.2 Å². The molecule has 1 aromatic rings. The molecule has 1 rings (SSSR count). The van der Waals surface area contributed by atoms with Crippen LogP contribution in [0.1, 0.15) is 52.1 Å². The highest BCUT2D eigenvalue weighted by atomic mass is 19.1. The molecule has 0 aromatic carbocycles. The molecule has 3 nitrogen and oxygen atoms in total. The predicted octanol–water partition coefficient (Wildman–Crippen LogP) is 3.38. The van der Waals surface area contributed by atoms with Gasteiger partial charge in [0.05, 0.1) is 6.20 Å². The van der Waals surface area contributed by atoms with Crippen molar-refractivity contribution < 1.29 is 4.39 Å². The summed E-state index contributed by atoms with van der Waals surface area (Å²) < 4.78 is 13.1. The van der Waals surface area contributed by atoms with Gasteiger partial charge >= 0.3 is 0 Å². The highest BCUT2D eigenvalue weighted by Gasteiger charge is 2.10. The van der Waals surface area contributed by atoms with Crippen molar-refractivity contribution in [3.05, 3.63) is 29.8 Å². The third kappa shape index (κ3) is 5.97. The Hall–Kier alpha value is -1.00. The van der Waals surface area contributed by atoms with Crippen LogP contribution in [0.4, 0.5) is 4.39 Å². The van der Waals surface area contributed by atoms with Crippen molar-refractivity contribution >= 4 is 0 Å². The quantitative estimate of drug-likeness (QED) is 0.752. The van der Waals surface area contributed by atoms with Crippen LogP contribution in [0.2, 0.25) is 0 Å². The Kier molecular flexibility index (Phi) is 7.70. The third-order valence-electron chi connectivity index (χ3n) is 3.77. The molecule has 2 unspecified atom stereocenters. The Morgan fingerprint density at radius 1 is 1.25 bits per heavy atom. The van der Waals surface area contributed by atoms with Crippen LogP contribution >= 0.6 is 0 Å². The van der Waals surface area contributed by atoms with Gasteiger partial charge in [0, 0.05) is 18.3 Å². The highest BCUT2D eigenvalue weighted by Crippen LogP contribution is 2.14. The van der Waals surface area contributed by atoms with Gasteiger partial charge in [0.25, 0.3) is 0 Å². The Bertz CT molecular complexity index is 380. The summed E-state index contributed by atoms with van der Waals surface area (Å²) in [6.07, 6.45) is 5.28. The normalized spacial score (nSPS) is 14.5. The summed E-state index contributed by atoms with van der Waals surface area (Å²) in [5.74, 6) is -0.273. The second-order valence-electron chi connectivity index (χ2n) is 5.40. The molecule has 2 atom stereocenters. The van der Waals surface area contributed by atoms with Crippen LogP contribution in [0.5, 0.6) is 0 Å². The van der Waals surface area contributed by atoms with Crippen molar-refractivity contribution in [2.75, 3.05) is 19.6 Å². The first kappa shape index (κ1) is 17.1. The number of nitrogens with one attached hydrogen (secondary N) is 1. The molecule has 0 spiro atoms. The fraction of sp³-hybridized carbons (Fsp3) is 0.688. The zero-order valence-corrected chi connectivity index (χ0v) is 13.2. The zero-order chi connectivity index (χ0) is 15.0. The fourth-order valence-electron chi connectivity index (χ4n) is 2.43. The first-order valence-electron chi connectivity index (χ1n) is 7.65. The summed E-state index contributed by atoms with van der Waals surface area (Å²) in [6.45, 7) is 12.0. The zero-order valence-electron chi connectivity index (χ0n) is 13.2. The molecule has 20 heavy (non-hydrogen) atoms. The van der Waals surface area contributed by atoms with E-state index in [1.165, 1.54) is 12.6 Å². The molecule has 0 fully saturated rings. The van der Waals surface area contributed by atoms with Crippen LogP contribution < -0.4 is 5.32 Å². The van der Waals surface area contributed by atoms with E-state index in [-0.39, 0.29) is 11.9 Å². The van der Waals surface area contributed by atoms with E-state index >= 15 is 0 Å². The van der Waals surface area contributed by atoms with Gasteiger partial charge in [-0.1, -0.05) is 13.8 Å². The second kappa shape index (κ2) is 9.03. The summed E-state index contributed by atoms with van der Waals surface area (Å²) in [7, 11) is 0. The van der Waals surface area contributed by atoms with Gasteiger partial charge in [-0.2, -0.15) is 0 Å². The molecule has 0 amide bonds. The summed E-state index contributed by atoms with van der Waals surface area (Å²) in [6, 6.07) is 2.10. The highest BCUT2D eigenvalue weighted by molar-refractivity contribution is 5.14. The van der Waals surface area contributed by atoms with E-state index in [2.05, 4.69) is 42.9 Å². The maximum Gasteiger partial charge on any atom is 0.141 e. The summed E-state index contributed by atoms with van der Waals surface area (Å²) >= 11 is 0. The van der Waals surface area contributed by atoms with Crippen molar-refractivity contribution in [3.8, 4) is 0 Å². The molecule has 0 aliphatic rings. The lowest BCUT2D eigenvalue weighted by atomic mass is 10.1. The molecule has 0 radical (unpaired) electrons. The first-order chi connectivity index (χ1) is 9.56. The molecular formula is C16H28FN3. The number of pyridine rings is 1. The van der Waals surface area contributed by atoms with Crippen LogP contribution in [-0.2, 0) is 0 Å². The van der Waals surface area contributed by atoms with Crippen molar-refractivity contribution in [3.63, 3.8) is 0 Å². The van der Waals surface area contributed by atoms with Crippen LogP contribution in [0.3, 0.4) is 0 Å². The van der Waals surface area contributed by atoms with Crippen molar-refractivity contribution in [2.24, 2.45) is 0 Å². The molecule has 0 aliphatic heterocycles. The van der Waals surface area contributed by atoms with E-state index in [1.807, 2.05) is 0 Å². The standard InChI is InChI=1S/C16H28FN3/c1-5-20(6-2)9-7-8-13(3)19-14(4)15-10-16(17)12-18-11-15/h10-14,19H,5-9H2,1-4H3. The SMILES string of the molecule is CCN(CC)CCCC(C)NC(C)c1cncc(F)c1. The number of hydrogen-bond donors (Lipinski definition) is 1. The van der Waals surface area contributed by atoms with Crippen molar-refractivity contribution in [1.29, 1.82) is 0 Å². The first-order valence-corrected chi connectivity index (χ1v) is 7.65. The Labute approximate surface area is 122 Å². The van der Waals surface area contributed by atoms with Gasteiger partial charge in [-0.3, -0.25) is 4.98 Å². The van der Waals surface area contributed by atoms with Crippen LogP contribution in [0.15, 0.2) is 18.5 Å². The molecule has 0 saturated carbocycles. The lowest BCUT2D eigenvalue weighted by Crippen LogP contribution is -2.31. The average molecular weight is 281 g/mol. The molecule has 0 aliphatic carbocycles. The van der Waals surface area contributed by atoms with Gasteiger partial charge in [-0.05, 0) is 58.0 Å². The maximum atomic E-state index is 13.1. The van der Waals surface area contributed by atoms with Gasteiger partial charge in [0.15, 0.2) is 0 Å². The molecule has 1 heterocycles. The number of nitrogens with zero attached hydrogens (tertiary/aromatic N) is 2. The predicted molar refractivity (Wildman–Crippen MR) is 82.2 cm³/mol. The van der Waals surface area contributed by atoms with Crippen molar-refractivity contribution in [2.45, 2.75) is 52.6 Å². The Morgan fingerprint density at radius 2 is 1.95 bits per heavy atom. The summed E-state index contributed by atoms with van der Waals surface area (Å²) in [5.41, 5.74) is 0.903. The van der Waals surface area contributed by atoms with Gasteiger partial charge in [0.2, 0.25) is 0 Å². The van der Waals surface area contributed by atoms with E-state index in [0.717, 1.165) is 31.6 Å². The molecule has 114 valence electrons. The Morgan fingerprint density at radius 3 is 2.55 bits per heavy atom. The van der Waals surface area contributed by atoms with Crippen LogP contribution in [0.25, 0.3) is 0 Å². The molecule has 0 saturated heterocycles. The number of halogens is 1. The van der Waals surface area contributed by atoms with E-state index in [1.54, 1.807) is 12.3 Å². The number of aromatic nitrogens is 1. The van der Waals surface area contributed by atoms with Gasteiger partial charge in [0.1, 0.15) is 5.82 Å². The smallest absolute Gasteiger partial charge is 0.141 e. The van der Waals surface area contributed by atoms with Gasteiger partial charge in [-0.15, -0.1) is 0 Å². The molecule has 4 heteroatoms. The van der Waals surface area contributed by atoms with E-state index in [4.69, 9.17) is 0 Å². The minimum absolute atomic E-state index is 0.127. The van der Waals surface area contributed by atoms with E-state index < -0.39 is 0 Å². The molecular weight excluding hydrogens is 253 g/mol. The average Bonchev–Trinajstić information content (AvgIpc) is 2.43. The topological polar surface area (TPSA) is 28.2 Å². The lowest BCUT2D eigenvalue weighted by Gasteiger charge is -2.22.